The third-order valence-electron chi connectivity index (χ3n) is 13.9. The zero-order valence-corrected chi connectivity index (χ0v) is 41.4. The number of rotatable bonds is 19. The van der Waals surface area contributed by atoms with Crippen molar-refractivity contribution in [3.8, 4) is 0 Å². The molecule has 0 aliphatic carbocycles. The highest BCUT2D eigenvalue weighted by Crippen LogP contribution is 2.37. The Kier molecular flexibility index (Phi) is 22.4. The summed E-state index contributed by atoms with van der Waals surface area (Å²) in [6, 6.07) is -4.51. The fourth-order valence-corrected chi connectivity index (χ4v) is 9.96. The molecule has 0 radical (unpaired) electrons. The highest BCUT2D eigenvalue weighted by atomic mass is 16.8. The lowest BCUT2D eigenvalue weighted by atomic mass is 9.92. The first-order valence-electron chi connectivity index (χ1n) is 24.4. The number of nitrogens with one attached hydrogen (secondary N) is 3. The second-order valence-corrected chi connectivity index (χ2v) is 19.3. The van der Waals surface area contributed by atoms with Crippen molar-refractivity contribution in [2.75, 3.05) is 39.6 Å². The number of hydrogen-bond acceptors (Lipinski definition) is 30. The molecule has 0 saturated carbocycles. The number of carbonyl (C=O) groups excluding carboxylic acids is 3. The van der Waals surface area contributed by atoms with Crippen LogP contribution in [0.5, 0.6) is 0 Å². The lowest BCUT2D eigenvalue weighted by Gasteiger charge is -2.51. The molecule has 440 valence electrons. The quantitative estimate of drug-likeness (QED) is 0.0571. The minimum atomic E-state index is -2.25. The molecule has 33 heteroatoms. The summed E-state index contributed by atoms with van der Waals surface area (Å²) in [4.78, 5) is 37.1. The average Bonchev–Trinajstić information content (AvgIpc) is 3.38. The monoisotopic (exact) mass is 1110 g/mol. The maximum atomic E-state index is 12.6. The van der Waals surface area contributed by atoms with E-state index in [2.05, 4.69) is 16.0 Å². The van der Waals surface area contributed by atoms with E-state index >= 15 is 0 Å². The van der Waals surface area contributed by atoms with Crippen molar-refractivity contribution < 1.29 is 148 Å². The normalized spacial score (nSPS) is 48.2. The maximum absolute atomic E-state index is 12.6. The van der Waals surface area contributed by atoms with Crippen LogP contribution in [0.15, 0.2) is 0 Å². The fraction of sp³-hybridized carbons (Fsp3) is 0.930. The van der Waals surface area contributed by atoms with Gasteiger partial charge in [-0.15, -0.1) is 0 Å². The summed E-state index contributed by atoms with van der Waals surface area (Å²) in [5.74, 6) is -2.17. The van der Waals surface area contributed by atoms with Crippen molar-refractivity contribution in [1.82, 2.24) is 16.0 Å². The van der Waals surface area contributed by atoms with E-state index in [1.54, 1.807) is 0 Å². The minimum absolute atomic E-state index is 0.549. The summed E-state index contributed by atoms with van der Waals surface area (Å²) in [6.07, 6.45) is -49.3. The molecule has 3 amide bonds. The lowest BCUT2D eigenvalue weighted by Crippen LogP contribution is -2.70. The molecule has 0 aromatic carbocycles. The fourth-order valence-electron chi connectivity index (χ4n) is 9.96. The van der Waals surface area contributed by atoms with Gasteiger partial charge in [-0.05, 0) is 6.92 Å². The van der Waals surface area contributed by atoms with Crippen LogP contribution < -0.4 is 16.0 Å². The molecular formula is C43H73N3O30. The molecule has 6 aliphatic rings. The number of aliphatic hydroxyl groups excluding tert-OH is 16. The molecule has 0 aromatic rings. The number of hydrogen-bond donors (Lipinski definition) is 19. The first kappa shape index (κ1) is 62.5. The zero-order chi connectivity index (χ0) is 56.2. The largest absolute Gasteiger partial charge is 0.394 e. The average molecular weight is 1110 g/mol. The third-order valence-corrected chi connectivity index (χ3v) is 13.9. The molecule has 6 rings (SSSR count). The molecule has 6 heterocycles. The van der Waals surface area contributed by atoms with Crippen LogP contribution in [0, 0.1) is 0 Å². The van der Waals surface area contributed by atoms with E-state index < -0.39 is 241 Å². The molecule has 33 nitrogen and oxygen atoms in total. The van der Waals surface area contributed by atoms with Gasteiger partial charge in [-0.2, -0.15) is 0 Å². The van der Waals surface area contributed by atoms with Crippen LogP contribution in [0.3, 0.4) is 0 Å². The Morgan fingerprint density at radius 1 is 0.329 bits per heavy atom. The summed E-state index contributed by atoms with van der Waals surface area (Å²) < 4.78 is 64.2. The van der Waals surface area contributed by atoms with Gasteiger partial charge in [0, 0.05) is 20.8 Å². The van der Waals surface area contributed by atoms with E-state index in [-0.39, 0.29) is 0 Å². The van der Waals surface area contributed by atoms with Crippen molar-refractivity contribution in [2.24, 2.45) is 0 Å². The number of carbonyl (C=O) groups is 3. The van der Waals surface area contributed by atoms with Gasteiger partial charge in [0.2, 0.25) is 17.7 Å². The Bertz CT molecular complexity index is 1870. The van der Waals surface area contributed by atoms with Crippen LogP contribution in [0.25, 0.3) is 0 Å². The molecule has 76 heavy (non-hydrogen) atoms. The van der Waals surface area contributed by atoms with Crippen molar-refractivity contribution in [3.05, 3.63) is 0 Å². The van der Waals surface area contributed by atoms with E-state index in [1.165, 1.54) is 13.8 Å². The molecule has 0 bridgehead atoms. The minimum Gasteiger partial charge on any atom is -0.394 e. The highest BCUT2D eigenvalue weighted by molar-refractivity contribution is 5.74. The molecule has 6 saturated heterocycles. The number of ether oxygens (including phenoxy) is 11. The molecule has 12 unspecified atom stereocenters. The predicted molar refractivity (Wildman–Crippen MR) is 237 cm³/mol. The molecule has 0 spiro atoms. The summed E-state index contributed by atoms with van der Waals surface area (Å²) in [7, 11) is 0. The van der Waals surface area contributed by atoms with Gasteiger partial charge in [-0.1, -0.05) is 0 Å². The first-order valence-corrected chi connectivity index (χ1v) is 24.4. The van der Waals surface area contributed by atoms with Crippen LogP contribution in [0.2, 0.25) is 0 Å². The second-order valence-electron chi connectivity index (χ2n) is 19.3. The van der Waals surface area contributed by atoms with Gasteiger partial charge in [0.1, 0.15) is 140 Å². The molecule has 6 fully saturated rings. The second kappa shape index (κ2) is 27.2. The van der Waals surface area contributed by atoms with Gasteiger partial charge in [0.05, 0.1) is 51.8 Å². The van der Waals surface area contributed by atoms with Gasteiger partial charge >= 0.3 is 0 Å². The SMILES string of the molecule is CC(=O)NC1[C@H](OC2C(O)[C@H](O)[C@@H](CO)O[C@@H]2O[C@@H]2C(O)[C@H](O[C@@H]3C(CO)O[C@@H](O[C@@H]4C(CO)O[C@@H](C)C(NC(C)=O)[C@H]4O)C(NC(C)=O)[C@H]3O)OC(CO)[C@H]2O)OC(CO)[C@@H](O[C@@H]2OC(CO)[C@H](O)[C@H](O)C2O)[C@@H]1O. The van der Waals surface area contributed by atoms with Gasteiger partial charge in [-0.25, -0.2) is 0 Å². The van der Waals surface area contributed by atoms with Gasteiger partial charge in [0.25, 0.3) is 0 Å². The van der Waals surface area contributed by atoms with Crippen LogP contribution in [-0.4, -0.2) is 323 Å². The van der Waals surface area contributed by atoms with Crippen LogP contribution >= 0.6 is 0 Å². The Labute approximate surface area is 432 Å². The van der Waals surface area contributed by atoms with Crippen molar-refractivity contribution in [1.29, 1.82) is 0 Å². The van der Waals surface area contributed by atoms with Gasteiger partial charge in [-0.3, -0.25) is 14.4 Å². The Morgan fingerprint density at radius 2 is 0.645 bits per heavy atom. The van der Waals surface area contributed by atoms with Crippen LogP contribution in [0.1, 0.15) is 27.7 Å². The van der Waals surface area contributed by atoms with E-state index in [1.807, 2.05) is 0 Å². The molecule has 19 N–H and O–H groups in total. The van der Waals surface area contributed by atoms with E-state index in [4.69, 9.17) is 52.1 Å². The van der Waals surface area contributed by atoms with E-state index in [0.29, 0.717) is 0 Å². The van der Waals surface area contributed by atoms with E-state index in [0.717, 1.165) is 13.8 Å². The Balaban J connectivity index is 1.24. The van der Waals surface area contributed by atoms with Crippen molar-refractivity contribution in [2.45, 2.75) is 212 Å². The smallest absolute Gasteiger partial charge is 0.217 e. The van der Waals surface area contributed by atoms with Crippen LogP contribution in [-0.2, 0) is 66.5 Å². The number of amides is 3. The maximum Gasteiger partial charge on any atom is 0.217 e. The Hall–Kier alpha value is -2.67. The van der Waals surface area contributed by atoms with Gasteiger partial charge < -0.3 is 150 Å². The predicted octanol–water partition coefficient (Wildman–Crippen LogP) is -12.6. The highest BCUT2D eigenvalue weighted by Gasteiger charge is 2.58. The van der Waals surface area contributed by atoms with Gasteiger partial charge in [0.15, 0.2) is 31.5 Å². The molecule has 30 atom stereocenters. The van der Waals surface area contributed by atoms with Crippen molar-refractivity contribution >= 4 is 17.7 Å². The molecule has 0 aromatic heterocycles. The lowest BCUT2D eigenvalue weighted by molar-refractivity contribution is -0.395. The summed E-state index contributed by atoms with van der Waals surface area (Å²) in [5.41, 5.74) is 0. The zero-order valence-electron chi connectivity index (χ0n) is 41.4. The standard InChI is InChI=1S/C43H73N3O30/c1-11-21(44-12(2)53)27(59)34(18(8-50)66-11)72-39-22(45-13(3)54)28(60)36(20(10-52)70-39)74-42-33(65)37(26(58)17(7-49)68-42)75-43-38(31(63)25(57)16(6-48)69-43)76-40-23(46-14(4)55)29(61)35(19(9-51)71-40)73-41-32(64)30(62)24(56)15(5-47)67-41/h11,15-43,47-52,56-65H,5-10H2,1-4H3,(H,44,53)(H,45,54)(H,46,55)/t11-,15?,16+,17?,18?,19?,20?,21?,22?,23?,24-,25+,26+,27+,28+,29+,30-,31?,32?,33?,34+,35+,36+,37-,38?,39-,40-,41-,42-,43+/m0/s1. The first-order chi connectivity index (χ1) is 35.9. The van der Waals surface area contributed by atoms with Crippen molar-refractivity contribution in [3.63, 3.8) is 0 Å². The third kappa shape index (κ3) is 13.6. The number of aliphatic hydroxyl groups is 16. The van der Waals surface area contributed by atoms with E-state index in [9.17, 15) is 96.1 Å². The van der Waals surface area contributed by atoms with Crippen LogP contribution in [0.4, 0.5) is 0 Å². The summed E-state index contributed by atoms with van der Waals surface area (Å²) in [6.45, 7) is -0.877. The summed E-state index contributed by atoms with van der Waals surface area (Å²) in [5, 5.41) is 181. The molecule has 6 aliphatic heterocycles. The molecular weight excluding hydrogens is 1040 g/mol. The topological polar surface area (TPSA) is 513 Å². The Morgan fingerprint density at radius 3 is 1.08 bits per heavy atom. The summed E-state index contributed by atoms with van der Waals surface area (Å²) >= 11 is 0.